The summed E-state index contributed by atoms with van der Waals surface area (Å²) in [5.74, 6) is -0.0440. The van der Waals surface area contributed by atoms with Crippen LogP contribution in [-0.2, 0) is 48.5 Å². The van der Waals surface area contributed by atoms with Crippen molar-refractivity contribution in [3.8, 4) is 0 Å². The smallest absolute Gasteiger partial charge is 0.0745 e. The van der Waals surface area contributed by atoms with E-state index < -0.39 is 11.2 Å². The van der Waals surface area contributed by atoms with Crippen LogP contribution in [0.2, 0.25) is 0 Å². The van der Waals surface area contributed by atoms with E-state index in [4.69, 9.17) is 28.4 Å². The van der Waals surface area contributed by atoms with E-state index in [2.05, 4.69) is 23.3 Å². The summed E-state index contributed by atoms with van der Waals surface area (Å²) in [6.07, 6.45) is 13.6. The predicted octanol–water partition coefficient (Wildman–Crippen LogP) is 3.78. The topological polar surface area (TPSA) is 126 Å². The van der Waals surface area contributed by atoms with Gasteiger partial charge in [0.05, 0.1) is 62.2 Å². The van der Waals surface area contributed by atoms with Crippen molar-refractivity contribution in [3.63, 3.8) is 0 Å². The van der Waals surface area contributed by atoms with Crippen molar-refractivity contribution in [2.45, 2.75) is 64.6 Å². The standard InChI is InChI=1S/C16H24N2O4.2C9H21O2P.Tc/c1-15(2)13(19)11(9-21-15)7-17-5-6-18-8-12-10-22-16(3,4)14(12)20;2*1-10-6-4-8-12(3)9-5-7-11-2;/h7-8,19-20H,5-6,9-10H2,1-4H3;2*4-9H2,1-3H3;/i;;;1+1. The molecule has 0 unspecified atom stereocenters. The monoisotopic (exact) mass is 791 g/mol. The van der Waals surface area contributed by atoms with Crippen LogP contribution < -0.4 is 10.2 Å². The third-order valence-corrected chi connectivity index (χ3v) is 12.3. The second-order valence-corrected chi connectivity index (χ2v) is 18.5. The minimum absolute atomic E-state index is 0. The quantitative estimate of drug-likeness (QED) is 0.0978. The van der Waals surface area contributed by atoms with Crippen LogP contribution in [0.15, 0.2) is 32.6 Å². The average Bonchev–Trinajstić information content (AvgIpc) is 3.43. The molecule has 1 radical (unpaired) electrons. The van der Waals surface area contributed by atoms with Crippen molar-refractivity contribution >= 4 is 28.3 Å². The summed E-state index contributed by atoms with van der Waals surface area (Å²) >= 11 is 0. The fourth-order valence-electron chi connectivity index (χ4n) is 4.53. The Bertz CT molecular complexity index is 825. The number of ether oxygens (including phenoxy) is 6. The first kappa shape index (κ1) is 48.8. The fourth-order valence-corrected chi connectivity index (χ4v) is 8.02. The number of hydrogen-bond acceptors (Lipinski definition) is 10. The van der Waals surface area contributed by atoms with E-state index in [0.29, 0.717) is 37.4 Å². The summed E-state index contributed by atoms with van der Waals surface area (Å²) < 4.78 is 30.8. The Kier molecular flexibility index (Phi) is 30.6. The van der Waals surface area contributed by atoms with Crippen LogP contribution in [0, 0.1) is 0 Å². The SMILES string of the molecule is CC1(C)OCC(C=NCCN=CC2=C([O-])C(C)(C)OC2)=C1[O-].COCCC[PH+](C)CCCOC.COCCC[PH+](C)CCCOC.[99Tc]. The van der Waals surface area contributed by atoms with Gasteiger partial charge in [-0.05, 0) is 54.7 Å². The van der Waals surface area contributed by atoms with Crippen LogP contribution in [0.1, 0.15) is 53.4 Å². The largest absolute Gasteiger partial charge is 0.873 e. The first-order valence-corrected chi connectivity index (χ1v) is 21.4. The first-order valence-electron chi connectivity index (χ1n) is 16.5. The summed E-state index contributed by atoms with van der Waals surface area (Å²) in [5, 5.41) is 23.8. The van der Waals surface area contributed by atoms with E-state index in [-0.39, 0.29) is 47.5 Å². The molecule has 0 aromatic carbocycles. The number of hydrogen-bond donors (Lipinski definition) is 0. The molecule has 2 aliphatic rings. The second-order valence-electron chi connectivity index (χ2n) is 12.7. The number of methoxy groups -OCH3 is 4. The molecule has 2 rings (SSSR count). The summed E-state index contributed by atoms with van der Waals surface area (Å²) in [4.78, 5) is 8.36. The molecular formula is C34H66N2O8P2Tc. The molecule has 0 spiro atoms. The Balaban J connectivity index is 0. The van der Waals surface area contributed by atoms with E-state index in [0.717, 1.165) is 26.4 Å². The zero-order chi connectivity index (χ0) is 34.8. The molecule has 47 heavy (non-hydrogen) atoms. The predicted molar refractivity (Wildman–Crippen MR) is 195 cm³/mol. The molecule has 0 N–H and O–H groups in total. The Labute approximate surface area is 302 Å². The van der Waals surface area contributed by atoms with Gasteiger partial charge in [-0.15, -0.1) is 0 Å². The van der Waals surface area contributed by atoms with Gasteiger partial charge in [0.25, 0.3) is 0 Å². The molecule has 277 valence electrons. The second kappa shape index (κ2) is 29.4. The molecule has 0 bridgehead atoms. The number of rotatable bonds is 21. The molecule has 10 nitrogen and oxygen atoms in total. The first-order chi connectivity index (χ1) is 21.9. The van der Waals surface area contributed by atoms with Crippen LogP contribution in [0.4, 0.5) is 0 Å². The molecule has 0 saturated heterocycles. The van der Waals surface area contributed by atoms with E-state index in [9.17, 15) is 10.2 Å². The molecule has 0 fully saturated rings. The van der Waals surface area contributed by atoms with Crippen molar-refractivity contribution in [2.24, 2.45) is 9.98 Å². The maximum atomic E-state index is 11.9. The maximum absolute atomic E-state index is 11.9. The Hall–Kier alpha value is -0.311. The molecule has 0 saturated carbocycles. The van der Waals surface area contributed by atoms with Gasteiger partial charge < -0.3 is 38.6 Å². The molecule has 2 heterocycles. The van der Waals surface area contributed by atoms with Gasteiger partial charge >= 0.3 is 0 Å². The van der Waals surface area contributed by atoms with Crippen molar-refractivity contribution in [1.82, 2.24) is 0 Å². The van der Waals surface area contributed by atoms with Crippen molar-refractivity contribution < 1.29 is 58.7 Å². The van der Waals surface area contributed by atoms with E-state index in [1.54, 1.807) is 68.6 Å². The van der Waals surface area contributed by atoms with Crippen LogP contribution in [0.25, 0.3) is 0 Å². The minimum atomic E-state index is -0.744. The Morgan fingerprint density at radius 1 is 0.617 bits per heavy atom. The minimum Gasteiger partial charge on any atom is -0.873 e. The number of nitrogens with zero attached hydrogens (tertiary/aromatic N) is 2. The third kappa shape index (κ3) is 23.7. The summed E-state index contributed by atoms with van der Waals surface area (Å²) in [5.41, 5.74) is -0.314. The van der Waals surface area contributed by atoms with Gasteiger partial charge in [0.1, 0.15) is 0 Å². The van der Waals surface area contributed by atoms with E-state index in [1.807, 2.05) is 0 Å². The van der Waals surface area contributed by atoms with Gasteiger partial charge in [0, 0.05) is 126 Å². The summed E-state index contributed by atoms with van der Waals surface area (Å²) in [6.45, 7) is 17.0. The molecule has 2 aliphatic heterocycles. The molecule has 0 atom stereocenters. The van der Waals surface area contributed by atoms with E-state index >= 15 is 0 Å². The Morgan fingerprint density at radius 2 is 0.894 bits per heavy atom. The van der Waals surface area contributed by atoms with Crippen molar-refractivity contribution in [1.29, 1.82) is 0 Å². The van der Waals surface area contributed by atoms with Crippen LogP contribution in [-0.4, -0.2) is 143 Å². The zero-order valence-electron chi connectivity index (χ0n) is 31.0. The normalized spacial score (nSPS) is 17.0. The molecule has 13 heteroatoms. The number of aliphatic imine (C=N–C) groups is 2. The van der Waals surface area contributed by atoms with Gasteiger partial charge in [0.2, 0.25) is 0 Å². The summed E-state index contributed by atoms with van der Waals surface area (Å²) in [7, 11) is 6.89. The van der Waals surface area contributed by atoms with E-state index in [1.165, 1.54) is 50.3 Å². The molecule has 0 aliphatic carbocycles. The molecule has 0 aromatic rings. The van der Waals surface area contributed by atoms with Gasteiger partial charge in [-0.1, -0.05) is 11.5 Å². The average molecular weight is 792 g/mol. The summed E-state index contributed by atoms with van der Waals surface area (Å²) in [6, 6.07) is 0. The molecule has 0 aromatic heterocycles. The van der Waals surface area contributed by atoms with Crippen LogP contribution in [0.5, 0.6) is 0 Å². The maximum Gasteiger partial charge on any atom is 0.0745 e. The van der Waals surface area contributed by atoms with Crippen LogP contribution >= 0.6 is 15.8 Å². The third-order valence-electron chi connectivity index (χ3n) is 7.51. The molecule has 0 amide bonds. The van der Waals surface area contributed by atoms with Gasteiger partial charge in [-0.3, -0.25) is 9.98 Å². The van der Waals surface area contributed by atoms with Gasteiger partial charge in [-0.2, -0.15) is 0 Å². The Morgan fingerprint density at radius 3 is 1.11 bits per heavy atom. The van der Waals surface area contributed by atoms with Crippen LogP contribution in [0.3, 0.4) is 0 Å². The van der Waals surface area contributed by atoms with Gasteiger partial charge in [-0.25, -0.2) is 0 Å². The van der Waals surface area contributed by atoms with Crippen molar-refractivity contribution in [2.75, 3.05) is 119 Å². The molecular weight excluding hydrogens is 725 g/mol. The zero-order valence-corrected chi connectivity index (χ0v) is 34.9. The fraction of sp³-hybridized carbons (Fsp3) is 0.824. The van der Waals surface area contributed by atoms with Gasteiger partial charge in [0.15, 0.2) is 0 Å². The van der Waals surface area contributed by atoms with Crippen molar-refractivity contribution in [3.05, 3.63) is 22.7 Å².